The zero-order chi connectivity index (χ0) is 17.1. The first-order valence-corrected chi connectivity index (χ1v) is 9.40. The number of hydrogen-bond donors (Lipinski definition) is 1. The lowest BCUT2D eigenvalue weighted by molar-refractivity contribution is -0.119. The molecule has 1 amide bonds. The zero-order valence-corrected chi connectivity index (χ0v) is 15.0. The van der Waals surface area contributed by atoms with Crippen molar-refractivity contribution in [3.05, 3.63) is 52.1 Å². The minimum atomic E-state index is -0.112. The van der Waals surface area contributed by atoms with E-state index in [0.717, 1.165) is 5.69 Å². The van der Waals surface area contributed by atoms with E-state index in [-0.39, 0.29) is 23.3 Å². The first kappa shape index (κ1) is 16.7. The van der Waals surface area contributed by atoms with Gasteiger partial charge >= 0.3 is 0 Å². The second-order valence-electron chi connectivity index (χ2n) is 5.52. The first-order valence-electron chi connectivity index (χ1n) is 7.54. The summed E-state index contributed by atoms with van der Waals surface area (Å²) in [7, 11) is 0. The SMILES string of the molecule is CC(C)NC(=O)CSc1nc2sccc2c(=O)n1-c1ccccc1. The second kappa shape index (κ2) is 7.19. The molecular weight excluding hydrogens is 342 g/mol. The van der Waals surface area contributed by atoms with Gasteiger partial charge in [0.25, 0.3) is 5.56 Å². The quantitative estimate of drug-likeness (QED) is 0.562. The summed E-state index contributed by atoms with van der Waals surface area (Å²) in [6, 6.07) is 11.2. The number of aromatic nitrogens is 2. The number of thiophene rings is 1. The van der Waals surface area contributed by atoms with E-state index in [1.165, 1.54) is 23.1 Å². The third kappa shape index (κ3) is 3.52. The number of carbonyl (C=O) groups is 1. The van der Waals surface area contributed by atoms with Gasteiger partial charge in [-0.15, -0.1) is 11.3 Å². The van der Waals surface area contributed by atoms with Crippen molar-refractivity contribution in [3.63, 3.8) is 0 Å². The molecule has 124 valence electrons. The van der Waals surface area contributed by atoms with Gasteiger partial charge in [0.15, 0.2) is 5.16 Å². The van der Waals surface area contributed by atoms with Crippen molar-refractivity contribution >= 4 is 39.2 Å². The molecule has 0 unspecified atom stereocenters. The molecule has 0 atom stereocenters. The first-order chi connectivity index (χ1) is 11.6. The third-order valence-corrected chi connectivity index (χ3v) is 5.01. The third-order valence-electron chi connectivity index (χ3n) is 3.26. The summed E-state index contributed by atoms with van der Waals surface area (Å²) in [5, 5.41) is 5.83. The summed E-state index contributed by atoms with van der Waals surface area (Å²) >= 11 is 2.70. The monoisotopic (exact) mass is 359 g/mol. The Bertz CT molecular complexity index is 916. The Morgan fingerprint density at radius 3 is 2.75 bits per heavy atom. The molecule has 3 rings (SSSR count). The standard InChI is InChI=1S/C17H17N3O2S2/c1-11(2)18-14(21)10-24-17-19-15-13(8-9-23-15)16(22)20(17)12-6-4-3-5-7-12/h3-9,11H,10H2,1-2H3,(H,18,21). The minimum Gasteiger partial charge on any atom is -0.353 e. The summed E-state index contributed by atoms with van der Waals surface area (Å²) < 4.78 is 1.57. The van der Waals surface area contributed by atoms with Crippen LogP contribution in [0.5, 0.6) is 0 Å². The van der Waals surface area contributed by atoms with Crippen LogP contribution < -0.4 is 10.9 Å². The highest BCUT2D eigenvalue weighted by Crippen LogP contribution is 2.23. The zero-order valence-electron chi connectivity index (χ0n) is 13.4. The highest BCUT2D eigenvalue weighted by atomic mass is 32.2. The lowest BCUT2D eigenvalue weighted by atomic mass is 10.3. The average Bonchev–Trinajstić information content (AvgIpc) is 3.02. The Morgan fingerprint density at radius 2 is 2.04 bits per heavy atom. The number of benzene rings is 1. The van der Waals surface area contributed by atoms with Crippen LogP contribution in [0.15, 0.2) is 51.7 Å². The molecule has 5 nitrogen and oxygen atoms in total. The topological polar surface area (TPSA) is 64.0 Å². The highest BCUT2D eigenvalue weighted by Gasteiger charge is 2.15. The lowest BCUT2D eigenvalue weighted by Gasteiger charge is -2.12. The molecule has 0 aliphatic rings. The van der Waals surface area contributed by atoms with Crippen LogP contribution in [0, 0.1) is 0 Å². The van der Waals surface area contributed by atoms with Gasteiger partial charge in [0.2, 0.25) is 5.91 Å². The minimum absolute atomic E-state index is 0.0739. The molecule has 0 spiro atoms. The summed E-state index contributed by atoms with van der Waals surface area (Å²) in [5.41, 5.74) is 0.633. The maximum atomic E-state index is 12.8. The molecule has 2 heterocycles. The van der Waals surface area contributed by atoms with Crippen molar-refractivity contribution in [1.82, 2.24) is 14.9 Å². The summed E-state index contributed by atoms with van der Waals surface area (Å²) in [4.78, 5) is 30.1. The molecule has 0 fully saturated rings. The number of nitrogens with one attached hydrogen (secondary N) is 1. The van der Waals surface area contributed by atoms with Gasteiger partial charge in [-0.25, -0.2) is 4.98 Å². The molecular formula is C17H17N3O2S2. The molecule has 0 bridgehead atoms. The summed E-state index contributed by atoms with van der Waals surface area (Å²) in [6.45, 7) is 3.83. The second-order valence-corrected chi connectivity index (χ2v) is 7.36. The van der Waals surface area contributed by atoms with Crippen molar-refractivity contribution in [2.24, 2.45) is 0 Å². The molecule has 1 aromatic carbocycles. The van der Waals surface area contributed by atoms with Gasteiger partial charge in [0, 0.05) is 6.04 Å². The van der Waals surface area contributed by atoms with Gasteiger partial charge in [-0.05, 0) is 37.4 Å². The molecule has 2 aromatic heterocycles. The van der Waals surface area contributed by atoms with Crippen LogP contribution in [-0.2, 0) is 4.79 Å². The number of hydrogen-bond acceptors (Lipinski definition) is 5. The number of carbonyl (C=O) groups excluding carboxylic acids is 1. The fourth-order valence-corrected chi connectivity index (χ4v) is 3.92. The van der Waals surface area contributed by atoms with E-state index in [4.69, 9.17) is 0 Å². The van der Waals surface area contributed by atoms with E-state index in [1.54, 1.807) is 10.6 Å². The van der Waals surface area contributed by atoms with E-state index >= 15 is 0 Å². The van der Waals surface area contributed by atoms with Crippen LogP contribution in [0.2, 0.25) is 0 Å². The van der Waals surface area contributed by atoms with Gasteiger partial charge < -0.3 is 5.32 Å². The molecule has 24 heavy (non-hydrogen) atoms. The predicted molar refractivity (Wildman–Crippen MR) is 99.2 cm³/mol. The highest BCUT2D eigenvalue weighted by molar-refractivity contribution is 7.99. The van der Waals surface area contributed by atoms with Crippen molar-refractivity contribution < 1.29 is 4.79 Å². The molecule has 0 aliphatic heterocycles. The van der Waals surface area contributed by atoms with Crippen LogP contribution in [0.4, 0.5) is 0 Å². The number of para-hydroxylation sites is 1. The Morgan fingerprint density at radius 1 is 1.29 bits per heavy atom. The van der Waals surface area contributed by atoms with Crippen LogP contribution in [0.1, 0.15) is 13.8 Å². The van der Waals surface area contributed by atoms with E-state index in [1.807, 2.05) is 49.6 Å². The number of fused-ring (bicyclic) bond motifs is 1. The van der Waals surface area contributed by atoms with Gasteiger partial charge in [-0.2, -0.15) is 0 Å². The number of thioether (sulfide) groups is 1. The van der Waals surface area contributed by atoms with Crippen LogP contribution in [0.25, 0.3) is 15.9 Å². The molecule has 7 heteroatoms. The predicted octanol–water partition coefficient (Wildman–Crippen LogP) is 3.06. The number of nitrogens with zero attached hydrogens (tertiary/aromatic N) is 2. The van der Waals surface area contributed by atoms with Crippen LogP contribution in [0.3, 0.4) is 0 Å². The van der Waals surface area contributed by atoms with Crippen molar-refractivity contribution in [3.8, 4) is 5.69 Å². The summed E-state index contributed by atoms with van der Waals surface area (Å²) in [5.74, 6) is 0.143. The fraction of sp³-hybridized carbons (Fsp3) is 0.235. The Hall–Kier alpha value is -2.12. The molecule has 0 radical (unpaired) electrons. The average molecular weight is 359 g/mol. The maximum absolute atomic E-state index is 12.8. The van der Waals surface area contributed by atoms with E-state index in [2.05, 4.69) is 10.3 Å². The molecule has 0 saturated carbocycles. The van der Waals surface area contributed by atoms with Gasteiger partial charge in [0.1, 0.15) is 4.83 Å². The van der Waals surface area contributed by atoms with E-state index in [9.17, 15) is 9.59 Å². The fourth-order valence-electron chi connectivity index (χ4n) is 2.29. The largest absolute Gasteiger partial charge is 0.353 e. The van der Waals surface area contributed by atoms with E-state index in [0.29, 0.717) is 15.4 Å². The van der Waals surface area contributed by atoms with E-state index < -0.39 is 0 Å². The van der Waals surface area contributed by atoms with Gasteiger partial charge in [-0.1, -0.05) is 30.0 Å². The number of rotatable bonds is 5. The molecule has 0 saturated heterocycles. The van der Waals surface area contributed by atoms with Crippen molar-refractivity contribution in [2.45, 2.75) is 25.0 Å². The van der Waals surface area contributed by atoms with Crippen LogP contribution in [-0.4, -0.2) is 27.3 Å². The Kier molecular flexibility index (Phi) is 5.01. The summed E-state index contributed by atoms with van der Waals surface area (Å²) in [6.07, 6.45) is 0. The Labute approximate surface area is 147 Å². The molecule has 3 aromatic rings. The Balaban J connectivity index is 2.02. The maximum Gasteiger partial charge on any atom is 0.267 e. The molecule has 0 aliphatic carbocycles. The van der Waals surface area contributed by atoms with Gasteiger partial charge in [0.05, 0.1) is 16.8 Å². The van der Waals surface area contributed by atoms with Crippen molar-refractivity contribution in [1.29, 1.82) is 0 Å². The lowest BCUT2D eigenvalue weighted by Crippen LogP contribution is -2.31. The normalized spacial score (nSPS) is 11.1. The van der Waals surface area contributed by atoms with Crippen molar-refractivity contribution in [2.75, 3.05) is 5.75 Å². The van der Waals surface area contributed by atoms with Crippen LogP contribution >= 0.6 is 23.1 Å². The number of amides is 1. The van der Waals surface area contributed by atoms with Gasteiger partial charge in [-0.3, -0.25) is 14.2 Å². The smallest absolute Gasteiger partial charge is 0.267 e. The molecule has 1 N–H and O–H groups in total.